The van der Waals surface area contributed by atoms with E-state index in [4.69, 9.17) is 4.74 Å². The summed E-state index contributed by atoms with van der Waals surface area (Å²) in [6, 6.07) is 17.2. The lowest BCUT2D eigenvalue weighted by Gasteiger charge is -2.18. The van der Waals surface area contributed by atoms with Gasteiger partial charge in [-0.1, -0.05) is 48.5 Å². The van der Waals surface area contributed by atoms with Crippen LogP contribution in [0.15, 0.2) is 65.6 Å². The fourth-order valence-corrected chi connectivity index (χ4v) is 4.30. The van der Waals surface area contributed by atoms with E-state index in [1.165, 1.54) is 0 Å². The minimum Gasteiger partial charge on any atom is -0.456 e. The second-order valence-corrected chi connectivity index (χ2v) is 7.09. The standard InChI is InChI=1S/C16H14O4S/c17-15-11-14(16(20-15)12-7-3-1-4-8-12)21(18,19)13-9-5-2-6-10-13/h1-10,14,16H,11H2. The minimum atomic E-state index is -3.61. The lowest BCUT2D eigenvalue weighted by atomic mass is 10.1. The molecule has 3 rings (SSSR count). The summed E-state index contributed by atoms with van der Waals surface area (Å²) in [5, 5.41) is -0.880. The quantitative estimate of drug-likeness (QED) is 0.817. The highest BCUT2D eigenvalue weighted by Crippen LogP contribution is 2.37. The molecular weight excluding hydrogens is 288 g/mol. The zero-order valence-corrected chi connectivity index (χ0v) is 12.0. The number of cyclic esters (lactones) is 1. The predicted octanol–water partition coefficient (Wildman–Crippen LogP) is 2.52. The van der Waals surface area contributed by atoms with E-state index in [0.717, 1.165) is 0 Å². The number of carbonyl (C=O) groups excluding carboxylic acids is 1. The molecule has 0 amide bonds. The van der Waals surface area contributed by atoms with E-state index in [9.17, 15) is 13.2 Å². The molecule has 2 atom stereocenters. The number of esters is 1. The monoisotopic (exact) mass is 302 g/mol. The third-order valence-electron chi connectivity index (χ3n) is 3.56. The van der Waals surface area contributed by atoms with Crippen LogP contribution in [0.4, 0.5) is 0 Å². The van der Waals surface area contributed by atoms with Gasteiger partial charge in [-0.2, -0.15) is 0 Å². The highest BCUT2D eigenvalue weighted by Gasteiger charge is 2.44. The maximum Gasteiger partial charge on any atom is 0.307 e. The summed E-state index contributed by atoms with van der Waals surface area (Å²) >= 11 is 0. The lowest BCUT2D eigenvalue weighted by molar-refractivity contribution is -0.141. The van der Waals surface area contributed by atoms with Crippen LogP contribution in [0.25, 0.3) is 0 Å². The zero-order chi connectivity index (χ0) is 14.9. The van der Waals surface area contributed by atoms with Gasteiger partial charge in [-0.25, -0.2) is 8.42 Å². The Morgan fingerprint density at radius 3 is 2.10 bits per heavy atom. The summed E-state index contributed by atoms with van der Waals surface area (Å²) in [6.07, 6.45) is -0.861. The summed E-state index contributed by atoms with van der Waals surface area (Å²) in [4.78, 5) is 11.8. The van der Waals surface area contributed by atoms with E-state index >= 15 is 0 Å². The summed E-state index contributed by atoms with van der Waals surface area (Å²) in [6.45, 7) is 0. The van der Waals surface area contributed by atoms with Crippen LogP contribution in [0.1, 0.15) is 18.1 Å². The molecule has 2 aromatic carbocycles. The predicted molar refractivity (Wildman–Crippen MR) is 77.3 cm³/mol. The number of rotatable bonds is 3. The number of sulfone groups is 1. The second kappa shape index (κ2) is 5.33. The maximum absolute atomic E-state index is 12.7. The molecule has 0 radical (unpaired) electrons. The summed E-state index contributed by atoms with van der Waals surface area (Å²) in [7, 11) is -3.61. The summed E-state index contributed by atoms with van der Waals surface area (Å²) in [5.41, 5.74) is 0.702. The van der Waals surface area contributed by atoms with Gasteiger partial charge in [0.05, 0.1) is 11.3 Å². The molecule has 0 spiro atoms. The van der Waals surface area contributed by atoms with E-state index in [-0.39, 0.29) is 11.3 Å². The molecule has 1 saturated heterocycles. The van der Waals surface area contributed by atoms with Crippen molar-refractivity contribution in [3.05, 3.63) is 66.2 Å². The van der Waals surface area contributed by atoms with E-state index in [2.05, 4.69) is 0 Å². The third-order valence-corrected chi connectivity index (χ3v) is 5.70. The summed E-state index contributed by atoms with van der Waals surface area (Å²) in [5.74, 6) is -0.478. The number of hydrogen-bond acceptors (Lipinski definition) is 4. The molecule has 0 aliphatic carbocycles. The van der Waals surface area contributed by atoms with Gasteiger partial charge in [0.15, 0.2) is 9.84 Å². The van der Waals surface area contributed by atoms with E-state index in [0.29, 0.717) is 5.56 Å². The van der Waals surface area contributed by atoms with Gasteiger partial charge >= 0.3 is 5.97 Å². The number of ether oxygens (including phenoxy) is 1. The van der Waals surface area contributed by atoms with Gasteiger partial charge in [0.25, 0.3) is 0 Å². The highest BCUT2D eigenvalue weighted by atomic mass is 32.2. The van der Waals surface area contributed by atoms with Crippen LogP contribution in [0, 0.1) is 0 Å². The number of carbonyl (C=O) groups is 1. The van der Waals surface area contributed by atoms with Crippen molar-refractivity contribution in [2.24, 2.45) is 0 Å². The molecule has 2 unspecified atom stereocenters. The molecule has 5 heteroatoms. The molecule has 4 nitrogen and oxygen atoms in total. The largest absolute Gasteiger partial charge is 0.456 e. The normalized spacial score (nSPS) is 22.0. The first-order chi connectivity index (χ1) is 10.1. The van der Waals surface area contributed by atoms with Crippen LogP contribution in [-0.4, -0.2) is 19.6 Å². The minimum absolute atomic E-state index is 0.114. The molecule has 108 valence electrons. The van der Waals surface area contributed by atoms with Gasteiger partial charge in [0.2, 0.25) is 0 Å². The van der Waals surface area contributed by atoms with Gasteiger partial charge < -0.3 is 4.74 Å². The van der Waals surface area contributed by atoms with Crippen molar-refractivity contribution >= 4 is 15.8 Å². The first-order valence-electron chi connectivity index (χ1n) is 6.62. The van der Waals surface area contributed by atoms with E-state index < -0.39 is 27.2 Å². The first-order valence-corrected chi connectivity index (χ1v) is 8.17. The van der Waals surface area contributed by atoms with Crippen molar-refractivity contribution in [1.82, 2.24) is 0 Å². The van der Waals surface area contributed by atoms with Crippen molar-refractivity contribution in [3.63, 3.8) is 0 Å². The van der Waals surface area contributed by atoms with Crippen LogP contribution in [0.2, 0.25) is 0 Å². The molecular formula is C16H14O4S. The molecule has 0 N–H and O–H groups in total. The Labute approximate surface area is 123 Å². The third kappa shape index (κ3) is 2.56. The lowest BCUT2D eigenvalue weighted by Crippen LogP contribution is -2.24. The molecule has 21 heavy (non-hydrogen) atoms. The molecule has 1 aliphatic rings. The second-order valence-electron chi connectivity index (χ2n) is 4.92. The van der Waals surface area contributed by atoms with Gasteiger partial charge in [-0.15, -0.1) is 0 Å². The summed E-state index contributed by atoms with van der Waals surface area (Å²) < 4.78 is 30.7. The Balaban J connectivity index is 2.02. The van der Waals surface area contributed by atoms with E-state index in [1.54, 1.807) is 54.6 Å². The van der Waals surface area contributed by atoms with E-state index in [1.807, 2.05) is 6.07 Å². The van der Waals surface area contributed by atoms with Crippen LogP contribution >= 0.6 is 0 Å². The topological polar surface area (TPSA) is 60.4 Å². The van der Waals surface area contributed by atoms with Gasteiger partial charge in [-0.05, 0) is 17.7 Å². The van der Waals surface area contributed by atoms with Crippen molar-refractivity contribution in [2.75, 3.05) is 0 Å². The van der Waals surface area contributed by atoms with Gasteiger partial charge in [0, 0.05) is 0 Å². The van der Waals surface area contributed by atoms with Crippen LogP contribution in [0.5, 0.6) is 0 Å². The Morgan fingerprint density at radius 1 is 0.905 bits per heavy atom. The average molecular weight is 302 g/mol. The fourth-order valence-electron chi connectivity index (χ4n) is 2.52. The zero-order valence-electron chi connectivity index (χ0n) is 11.2. The molecule has 0 bridgehead atoms. The van der Waals surface area contributed by atoms with Gasteiger partial charge in [0.1, 0.15) is 11.4 Å². The van der Waals surface area contributed by atoms with Crippen LogP contribution in [0.3, 0.4) is 0 Å². The van der Waals surface area contributed by atoms with Crippen LogP contribution < -0.4 is 0 Å². The smallest absolute Gasteiger partial charge is 0.307 e. The number of hydrogen-bond donors (Lipinski definition) is 0. The molecule has 2 aromatic rings. The Kier molecular flexibility index (Phi) is 3.51. The van der Waals surface area contributed by atoms with Crippen molar-refractivity contribution in [3.8, 4) is 0 Å². The number of benzene rings is 2. The maximum atomic E-state index is 12.7. The average Bonchev–Trinajstić information content (AvgIpc) is 2.92. The van der Waals surface area contributed by atoms with Gasteiger partial charge in [-0.3, -0.25) is 4.79 Å². The van der Waals surface area contributed by atoms with Crippen molar-refractivity contribution < 1.29 is 17.9 Å². The molecule has 1 heterocycles. The molecule has 1 aliphatic heterocycles. The fraction of sp³-hybridized carbons (Fsp3) is 0.188. The van der Waals surface area contributed by atoms with Crippen molar-refractivity contribution in [2.45, 2.75) is 22.7 Å². The Hall–Kier alpha value is -2.14. The Bertz CT molecular complexity index is 738. The molecule has 1 fully saturated rings. The Morgan fingerprint density at radius 2 is 1.48 bits per heavy atom. The molecule has 0 saturated carbocycles. The molecule has 0 aromatic heterocycles. The first kappa shape index (κ1) is 13.8. The highest BCUT2D eigenvalue weighted by molar-refractivity contribution is 7.92. The SMILES string of the molecule is O=C1CC(S(=O)(=O)c2ccccc2)C(c2ccccc2)O1. The van der Waals surface area contributed by atoms with Crippen molar-refractivity contribution in [1.29, 1.82) is 0 Å². The van der Waals surface area contributed by atoms with Crippen LogP contribution in [-0.2, 0) is 19.4 Å².